The third kappa shape index (κ3) is 5.27. The van der Waals surface area contributed by atoms with Gasteiger partial charge in [0, 0.05) is 5.92 Å². The zero-order chi connectivity index (χ0) is 27.7. The van der Waals surface area contributed by atoms with Gasteiger partial charge in [-0.2, -0.15) is 0 Å². The Morgan fingerprint density at radius 3 is 1.82 bits per heavy atom. The van der Waals surface area contributed by atoms with Crippen molar-refractivity contribution in [1.82, 2.24) is 10.4 Å². The molecular formula is C31H30N2O6. The van der Waals surface area contributed by atoms with Crippen LogP contribution < -0.4 is 5.32 Å². The number of carbonyl (C=O) groups excluding carboxylic acids is 4. The van der Waals surface area contributed by atoms with E-state index in [0.717, 1.165) is 22.3 Å². The van der Waals surface area contributed by atoms with Gasteiger partial charge in [-0.1, -0.05) is 86.5 Å². The van der Waals surface area contributed by atoms with Crippen LogP contribution >= 0.6 is 0 Å². The van der Waals surface area contributed by atoms with Gasteiger partial charge in [0.1, 0.15) is 12.6 Å². The van der Waals surface area contributed by atoms with E-state index in [1.165, 1.54) is 12.1 Å². The van der Waals surface area contributed by atoms with Crippen LogP contribution in [-0.2, 0) is 14.4 Å². The number of carbonyl (C=O) groups is 4. The summed E-state index contributed by atoms with van der Waals surface area (Å²) in [5.74, 6) is -2.50. The standard InChI is InChI=1S/C31H30N2O6/c1-31(2,3)17-16-26(29(36)39-33-27(34)23-14-8-9-15-24(23)28(33)35)32-30(37)38-18-25-21-12-6-4-10-19(21)20-11-5-7-13-22(20)25/h4-15,25-26H,16-18H2,1-3H3,(H,32,37). The van der Waals surface area contributed by atoms with Crippen LogP contribution in [0.4, 0.5) is 4.79 Å². The van der Waals surface area contributed by atoms with Crippen molar-refractivity contribution in [3.8, 4) is 11.1 Å². The second kappa shape index (κ2) is 10.4. The molecule has 1 aliphatic carbocycles. The van der Waals surface area contributed by atoms with Crippen LogP contribution in [-0.4, -0.2) is 41.6 Å². The van der Waals surface area contributed by atoms with E-state index in [0.29, 0.717) is 11.5 Å². The average molecular weight is 527 g/mol. The Bertz CT molecular complexity index is 1380. The zero-order valence-corrected chi connectivity index (χ0v) is 22.1. The molecule has 0 spiro atoms. The van der Waals surface area contributed by atoms with Gasteiger partial charge < -0.3 is 14.9 Å². The number of ether oxygens (including phenoxy) is 1. The lowest BCUT2D eigenvalue weighted by Gasteiger charge is -2.24. The van der Waals surface area contributed by atoms with Gasteiger partial charge in [0.2, 0.25) is 0 Å². The summed E-state index contributed by atoms with van der Waals surface area (Å²) < 4.78 is 5.61. The Morgan fingerprint density at radius 1 is 0.821 bits per heavy atom. The predicted molar refractivity (Wildman–Crippen MR) is 144 cm³/mol. The topological polar surface area (TPSA) is 102 Å². The number of benzene rings is 3. The molecule has 3 aromatic carbocycles. The van der Waals surface area contributed by atoms with Crippen LogP contribution in [0.1, 0.15) is 71.4 Å². The summed E-state index contributed by atoms with van der Waals surface area (Å²) in [4.78, 5) is 56.6. The molecule has 1 heterocycles. The van der Waals surface area contributed by atoms with Crippen LogP contribution in [0.25, 0.3) is 11.1 Å². The highest BCUT2D eigenvalue weighted by Gasteiger charge is 2.40. The van der Waals surface area contributed by atoms with Crippen molar-refractivity contribution >= 4 is 23.9 Å². The van der Waals surface area contributed by atoms with Crippen molar-refractivity contribution in [3.63, 3.8) is 0 Å². The summed E-state index contributed by atoms with van der Waals surface area (Å²) in [5, 5.41) is 3.06. The maximum absolute atomic E-state index is 13.1. The molecule has 0 saturated heterocycles. The number of hydroxylamine groups is 2. The molecule has 3 amide bonds. The monoisotopic (exact) mass is 526 g/mol. The fourth-order valence-corrected chi connectivity index (χ4v) is 5.01. The Balaban J connectivity index is 1.27. The third-order valence-electron chi connectivity index (χ3n) is 7.04. The Hall–Kier alpha value is -4.46. The molecule has 3 aromatic rings. The molecule has 1 unspecified atom stereocenters. The van der Waals surface area contributed by atoms with Gasteiger partial charge in [0.05, 0.1) is 11.1 Å². The van der Waals surface area contributed by atoms with E-state index in [9.17, 15) is 19.2 Å². The van der Waals surface area contributed by atoms with Crippen LogP contribution in [0.15, 0.2) is 72.8 Å². The quantitative estimate of drug-likeness (QED) is 0.410. The molecule has 1 aliphatic heterocycles. The van der Waals surface area contributed by atoms with Crippen LogP contribution in [0.2, 0.25) is 0 Å². The third-order valence-corrected chi connectivity index (χ3v) is 7.04. The molecule has 8 heteroatoms. The zero-order valence-electron chi connectivity index (χ0n) is 22.1. The van der Waals surface area contributed by atoms with Gasteiger partial charge in [0.25, 0.3) is 11.8 Å². The molecule has 1 atom stereocenters. The molecule has 39 heavy (non-hydrogen) atoms. The first kappa shape index (κ1) is 26.2. The van der Waals surface area contributed by atoms with E-state index in [1.54, 1.807) is 12.1 Å². The molecule has 0 bridgehead atoms. The molecule has 0 aromatic heterocycles. The first-order chi connectivity index (χ1) is 18.6. The summed E-state index contributed by atoms with van der Waals surface area (Å²) in [7, 11) is 0. The van der Waals surface area contributed by atoms with E-state index in [2.05, 4.69) is 5.32 Å². The SMILES string of the molecule is CC(C)(C)CCC(NC(=O)OCC1c2ccccc2-c2ccccc21)C(=O)ON1C(=O)c2ccccc2C1=O. The predicted octanol–water partition coefficient (Wildman–Crippen LogP) is 5.47. The Kier molecular flexibility index (Phi) is 6.95. The maximum atomic E-state index is 13.1. The normalized spacial score (nSPS) is 14.9. The number of hydrogen-bond donors (Lipinski definition) is 1. The minimum absolute atomic E-state index is 0.0826. The van der Waals surface area contributed by atoms with Crippen LogP contribution in [0.3, 0.4) is 0 Å². The summed E-state index contributed by atoms with van der Waals surface area (Å²) in [5.41, 5.74) is 4.53. The number of amides is 3. The van der Waals surface area contributed by atoms with Gasteiger partial charge in [-0.05, 0) is 52.6 Å². The van der Waals surface area contributed by atoms with Crippen molar-refractivity contribution in [3.05, 3.63) is 95.1 Å². The number of nitrogens with zero attached hydrogens (tertiary/aromatic N) is 1. The lowest BCUT2D eigenvalue weighted by atomic mass is 9.89. The summed E-state index contributed by atoms with van der Waals surface area (Å²) in [6, 6.07) is 21.1. The highest BCUT2D eigenvalue weighted by Crippen LogP contribution is 2.44. The fourth-order valence-electron chi connectivity index (χ4n) is 5.01. The Morgan fingerprint density at radius 2 is 1.31 bits per heavy atom. The van der Waals surface area contributed by atoms with Crippen molar-refractivity contribution in [2.75, 3.05) is 6.61 Å². The van der Waals surface area contributed by atoms with E-state index in [1.807, 2.05) is 69.3 Å². The van der Waals surface area contributed by atoms with Crippen molar-refractivity contribution in [1.29, 1.82) is 0 Å². The van der Waals surface area contributed by atoms with Crippen molar-refractivity contribution in [2.45, 2.75) is 45.6 Å². The van der Waals surface area contributed by atoms with E-state index in [-0.39, 0.29) is 35.5 Å². The smallest absolute Gasteiger partial charge is 0.407 e. The fraction of sp³-hybridized carbons (Fsp3) is 0.290. The van der Waals surface area contributed by atoms with Gasteiger partial charge in [-0.3, -0.25) is 9.59 Å². The van der Waals surface area contributed by atoms with E-state index >= 15 is 0 Å². The molecule has 0 saturated carbocycles. The summed E-state index contributed by atoms with van der Waals surface area (Å²) in [6.45, 7) is 6.10. The molecule has 0 fully saturated rings. The van der Waals surface area contributed by atoms with Crippen LogP contribution in [0, 0.1) is 5.41 Å². The van der Waals surface area contributed by atoms with Gasteiger partial charge >= 0.3 is 12.1 Å². The van der Waals surface area contributed by atoms with Gasteiger partial charge in [-0.15, -0.1) is 0 Å². The minimum Gasteiger partial charge on any atom is -0.449 e. The van der Waals surface area contributed by atoms with Crippen molar-refractivity contribution in [2.24, 2.45) is 5.41 Å². The first-order valence-corrected chi connectivity index (χ1v) is 13.0. The summed E-state index contributed by atoms with van der Waals surface area (Å²) >= 11 is 0. The maximum Gasteiger partial charge on any atom is 0.407 e. The molecular weight excluding hydrogens is 496 g/mol. The second-order valence-corrected chi connectivity index (χ2v) is 11.0. The lowest BCUT2D eigenvalue weighted by Crippen LogP contribution is -2.46. The lowest BCUT2D eigenvalue weighted by molar-refractivity contribution is -0.171. The van der Waals surface area contributed by atoms with E-state index in [4.69, 9.17) is 9.57 Å². The average Bonchev–Trinajstić information content (AvgIpc) is 3.36. The number of rotatable bonds is 7. The highest BCUT2D eigenvalue weighted by atomic mass is 16.7. The summed E-state index contributed by atoms with van der Waals surface area (Å²) in [6.07, 6.45) is 0.0175. The molecule has 8 nitrogen and oxygen atoms in total. The second-order valence-electron chi connectivity index (χ2n) is 11.0. The van der Waals surface area contributed by atoms with Gasteiger partial charge in [0.15, 0.2) is 0 Å². The number of hydrogen-bond acceptors (Lipinski definition) is 6. The molecule has 5 rings (SSSR count). The first-order valence-electron chi connectivity index (χ1n) is 13.0. The highest BCUT2D eigenvalue weighted by molar-refractivity contribution is 6.20. The van der Waals surface area contributed by atoms with E-state index < -0.39 is 29.9 Å². The molecule has 1 N–H and O–H groups in total. The Labute approximate surface area is 226 Å². The minimum atomic E-state index is -1.12. The number of alkyl carbamates (subject to hydrolysis) is 1. The molecule has 0 radical (unpaired) electrons. The van der Waals surface area contributed by atoms with Gasteiger partial charge in [-0.25, -0.2) is 9.59 Å². The number of imide groups is 1. The largest absolute Gasteiger partial charge is 0.449 e. The molecule has 2 aliphatic rings. The number of fused-ring (bicyclic) bond motifs is 4. The van der Waals surface area contributed by atoms with Crippen molar-refractivity contribution < 1.29 is 28.8 Å². The number of nitrogens with one attached hydrogen (secondary N) is 1. The van der Waals surface area contributed by atoms with Crippen LogP contribution in [0.5, 0.6) is 0 Å². The molecule has 200 valence electrons.